The summed E-state index contributed by atoms with van der Waals surface area (Å²) in [7, 11) is 0. The van der Waals surface area contributed by atoms with E-state index < -0.39 is 0 Å². The third kappa shape index (κ3) is 2.12. The van der Waals surface area contributed by atoms with E-state index in [1.165, 1.54) is 6.92 Å². The Morgan fingerprint density at radius 3 is 2.53 bits per heavy atom. The van der Waals surface area contributed by atoms with Crippen LogP contribution in [0.25, 0.3) is 5.69 Å². The van der Waals surface area contributed by atoms with Crippen LogP contribution in [-0.4, -0.2) is 20.8 Å². The second-order valence-corrected chi connectivity index (χ2v) is 4.00. The molecule has 0 aliphatic rings. The minimum Gasteiger partial charge on any atom is -0.293 e. The molecule has 0 aliphatic heterocycles. The van der Waals surface area contributed by atoms with Gasteiger partial charge in [-0.3, -0.25) is 4.79 Å². The molecule has 1 aromatic heterocycles. The summed E-state index contributed by atoms with van der Waals surface area (Å²) in [5.41, 5.74) is 1.25. The Bertz CT molecular complexity index is 490. The number of ketones is 1. The molecule has 0 saturated carbocycles. The maximum Gasteiger partial charge on any atom is 0.181 e. The molecule has 0 unspecified atom stereocenters. The van der Waals surface area contributed by atoms with Gasteiger partial charge in [-0.15, -0.1) is 5.10 Å². The van der Waals surface area contributed by atoms with Gasteiger partial charge in [0.05, 0.1) is 11.9 Å². The highest BCUT2D eigenvalue weighted by atomic mass is 79.9. The molecule has 4 nitrogen and oxygen atoms in total. The Balaban J connectivity index is 2.37. The molecule has 0 atom stereocenters. The zero-order valence-corrected chi connectivity index (χ0v) is 9.60. The van der Waals surface area contributed by atoms with E-state index in [0.717, 1.165) is 10.2 Å². The van der Waals surface area contributed by atoms with Crippen molar-refractivity contribution in [2.45, 2.75) is 6.92 Å². The average Bonchev–Trinajstić information content (AvgIpc) is 2.68. The molecule has 0 saturated heterocycles. The van der Waals surface area contributed by atoms with Gasteiger partial charge in [-0.05, 0) is 24.3 Å². The SMILES string of the molecule is CC(=O)c1cn(-c2ccc(Br)cc2)nn1. The number of carbonyl (C=O) groups excluding carboxylic acids is 1. The first-order valence-corrected chi connectivity index (χ1v) is 5.15. The van der Waals surface area contributed by atoms with Crippen molar-refractivity contribution in [1.82, 2.24) is 15.0 Å². The Morgan fingerprint density at radius 2 is 2.00 bits per heavy atom. The molecule has 0 amide bonds. The zero-order chi connectivity index (χ0) is 10.8. The molecular formula is C10H8BrN3O. The topological polar surface area (TPSA) is 47.8 Å². The molecular weight excluding hydrogens is 258 g/mol. The monoisotopic (exact) mass is 265 g/mol. The van der Waals surface area contributed by atoms with Gasteiger partial charge in [0.15, 0.2) is 5.78 Å². The standard InChI is InChI=1S/C10H8BrN3O/c1-7(15)10-6-14(13-12-10)9-4-2-8(11)3-5-9/h2-6H,1H3. The molecule has 76 valence electrons. The van der Waals surface area contributed by atoms with Gasteiger partial charge >= 0.3 is 0 Å². The summed E-state index contributed by atoms with van der Waals surface area (Å²) >= 11 is 3.35. The number of carbonyl (C=O) groups is 1. The summed E-state index contributed by atoms with van der Waals surface area (Å²) in [6.07, 6.45) is 1.62. The zero-order valence-electron chi connectivity index (χ0n) is 8.01. The van der Waals surface area contributed by atoms with Crippen LogP contribution in [0, 0.1) is 0 Å². The van der Waals surface area contributed by atoms with Crippen molar-refractivity contribution in [3.8, 4) is 5.69 Å². The van der Waals surface area contributed by atoms with Crippen LogP contribution in [0.4, 0.5) is 0 Å². The highest BCUT2D eigenvalue weighted by molar-refractivity contribution is 9.10. The summed E-state index contributed by atoms with van der Waals surface area (Å²) in [6.45, 7) is 1.47. The normalized spacial score (nSPS) is 10.3. The van der Waals surface area contributed by atoms with Crippen LogP contribution < -0.4 is 0 Å². The van der Waals surface area contributed by atoms with Crippen LogP contribution in [-0.2, 0) is 0 Å². The fourth-order valence-corrected chi connectivity index (χ4v) is 1.41. The summed E-state index contributed by atoms with van der Waals surface area (Å²) in [4.78, 5) is 11.0. The first-order chi connectivity index (χ1) is 7.16. The molecule has 1 heterocycles. The van der Waals surface area contributed by atoms with Crippen LogP contribution in [0.3, 0.4) is 0 Å². The predicted octanol–water partition coefficient (Wildman–Crippen LogP) is 2.23. The number of aromatic nitrogens is 3. The van der Waals surface area contributed by atoms with Gasteiger partial charge in [-0.1, -0.05) is 21.1 Å². The van der Waals surface area contributed by atoms with Crippen LogP contribution in [0.15, 0.2) is 34.9 Å². The van der Waals surface area contributed by atoms with Gasteiger partial charge in [-0.2, -0.15) is 0 Å². The lowest BCUT2D eigenvalue weighted by atomic mass is 10.3. The van der Waals surface area contributed by atoms with Crippen molar-refractivity contribution in [1.29, 1.82) is 0 Å². The van der Waals surface area contributed by atoms with Gasteiger partial charge in [-0.25, -0.2) is 4.68 Å². The molecule has 2 rings (SSSR count). The predicted molar refractivity (Wildman–Crippen MR) is 59.1 cm³/mol. The minimum absolute atomic E-state index is 0.0849. The van der Waals surface area contributed by atoms with Crippen LogP contribution in [0.1, 0.15) is 17.4 Å². The van der Waals surface area contributed by atoms with Gasteiger partial charge in [0.2, 0.25) is 0 Å². The largest absolute Gasteiger partial charge is 0.293 e. The van der Waals surface area contributed by atoms with Crippen LogP contribution >= 0.6 is 15.9 Å². The Labute approximate surface area is 95.0 Å². The Kier molecular flexibility index (Phi) is 2.64. The molecule has 0 bridgehead atoms. The van der Waals surface area contributed by atoms with Crippen molar-refractivity contribution < 1.29 is 4.79 Å². The molecule has 2 aromatic rings. The highest BCUT2D eigenvalue weighted by Gasteiger charge is 2.05. The number of benzene rings is 1. The number of hydrogen-bond donors (Lipinski definition) is 0. The lowest BCUT2D eigenvalue weighted by molar-refractivity contribution is 0.101. The lowest BCUT2D eigenvalue weighted by Crippen LogP contribution is -1.94. The molecule has 0 radical (unpaired) electrons. The second kappa shape index (κ2) is 3.94. The van der Waals surface area contributed by atoms with Crippen molar-refractivity contribution in [2.75, 3.05) is 0 Å². The van der Waals surface area contributed by atoms with Gasteiger partial charge < -0.3 is 0 Å². The molecule has 0 N–H and O–H groups in total. The lowest BCUT2D eigenvalue weighted by Gasteiger charge is -1.98. The van der Waals surface area contributed by atoms with E-state index in [9.17, 15) is 4.79 Å². The summed E-state index contributed by atoms with van der Waals surface area (Å²) in [5.74, 6) is -0.0849. The number of Topliss-reactive ketones (excluding diaryl/α,β-unsaturated/α-hetero) is 1. The smallest absolute Gasteiger partial charge is 0.181 e. The molecule has 0 fully saturated rings. The molecule has 5 heteroatoms. The number of nitrogens with zero attached hydrogens (tertiary/aromatic N) is 3. The summed E-state index contributed by atoms with van der Waals surface area (Å²) in [6, 6.07) is 7.60. The maximum absolute atomic E-state index is 11.0. The van der Waals surface area contributed by atoms with Gasteiger partial charge in [0.1, 0.15) is 5.69 Å². The van der Waals surface area contributed by atoms with Gasteiger partial charge in [0, 0.05) is 11.4 Å². The Morgan fingerprint density at radius 1 is 1.33 bits per heavy atom. The van der Waals surface area contributed by atoms with Crippen molar-refractivity contribution in [3.63, 3.8) is 0 Å². The maximum atomic E-state index is 11.0. The molecule has 0 aliphatic carbocycles. The number of halogens is 1. The first-order valence-electron chi connectivity index (χ1n) is 4.36. The van der Waals surface area contributed by atoms with E-state index in [-0.39, 0.29) is 5.78 Å². The van der Waals surface area contributed by atoms with E-state index in [2.05, 4.69) is 26.2 Å². The highest BCUT2D eigenvalue weighted by Crippen LogP contribution is 2.13. The van der Waals surface area contributed by atoms with Crippen LogP contribution in [0.2, 0.25) is 0 Å². The first kappa shape index (κ1) is 10.0. The van der Waals surface area contributed by atoms with Crippen molar-refractivity contribution in [3.05, 3.63) is 40.6 Å². The average molecular weight is 266 g/mol. The van der Waals surface area contributed by atoms with Crippen molar-refractivity contribution in [2.24, 2.45) is 0 Å². The minimum atomic E-state index is -0.0849. The number of rotatable bonds is 2. The fraction of sp³-hybridized carbons (Fsp3) is 0.100. The molecule has 0 spiro atoms. The van der Waals surface area contributed by atoms with E-state index in [1.807, 2.05) is 24.3 Å². The van der Waals surface area contributed by atoms with E-state index in [0.29, 0.717) is 5.69 Å². The quantitative estimate of drug-likeness (QED) is 0.783. The Hall–Kier alpha value is -1.49. The third-order valence-corrected chi connectivity index (χ3v) is 2.47. The fourth-order valence-electron chi connectivity index (χ4n) is 1.15. The molecule has 15 heavy (non-hydrogen) atoms. The van der Waals surface area contributed by atoms with Crippen LogP contribution in [0.5, 0.6) is 0 Å². The van der Waals surface area contributed by atoms with E-state index in [4.69, 9.17) is 0 Å². The van der Waals surface area contributed by atoms with Crippen molar-refractivity contribution >= 4 is 21.7 Å². The van der Waals surface area contributed by atoms with E-state index >= 15 is 0 Å². The molecule has 1 aromatic carbocycles. The van der Waals surface area contributed by atoms with E-state index in [1.54, 1.807) is 10.9 Å². The van der Waals surface area contributed by atoms with Gasteiger partial charge in [0.25, 0.3) is 0 Å². The summed E-state index contributed by atoms with van der Waals surface area (Å²) < 4.78 is 2.57. The third-order valence-electron chi connectivity index (χ3n) is 1.95. The second-order valence-electron chi connectivity index (χ2n) is 3.08. The number of hydrogen-bond acceptors (Lipinski definition) is 3. The summed E-state index contributed by atoms with van der Waals surface area (Å²) in [5, 5.41) is 7.63.